The van der Waals surface area contributed by atoms with E-state index in [4.69, 9.17) is 13.9 Å². The zero-order chi connectivity index (χ0) is 36.1. The Morgan fingerprint density at radius 2 is 1.44 bits per heavy atom. The molecule has 50 heavy (non-hydrogen) atoms. The number of carbonyl (C=O) groups excluding carboxylic acids is 1. The number of sulfonamides is 1. The molecular weight excluding hydrogens is 663 g/mol. The zero-order valence-electron chi connectivity index (χ0n) is 30.4. The summed E-state index contributed by atoms with van der Waals surface area (Å²) in [6.45, 7) is 12.3. The predicted octanol–water partition coefficient (Wildman–Crippen LogP) is 6.82. The van der Waals surface area contributed by atoms with Crippen molar-refractivity contribution in [3.05, 3.63) is 114 Å². The van der Waals surface area contributed by atoms with Gasteiger partial charge in [0.05, 0.1) is 7.11 Å². The number of aryl methyl sites for hydroxylation is 1. The largest absolute Gasteiger partial charge is 0.468 e. The summed E-state index contributed by atoms with van der Waals surface area (Å²) < 4.78 is 44.8. The number of nitrogens with zero attached hydrogens (tertiary/aromatic N) is 1. The second-order valence-corrected chi connectivity index (χ2v) is 19.8. The Morgan fingerprint density at radius 1 is 0.840 bits per heavy atom. The van der Waals surface area contributed by atoms with Gasteiger partial charge in [-0.25, -0.2) is 12.7 Å². The summed E-state index contributed by atoms with van der Waals surface area (Å²) in [6, 6.07) is 35.7. The van der Waals surface area contributed by atoms with E-state index in [1.54, 1.807) is 0 Å². The van der Waals surface area contributed by atoms with E-state index in [2.05, 4.69) is 107 Å². The highest BCUT2D eigenvalue weighted by Crippen LogP contribution is 2.36. The van der Waals surface area contributed by atoms with Crippen molar-refractivity contribution in [1.29, 1.82) is 0 Å². The molecule has 1 aliphatic heterocycles. The topological polar surface area (TPSA) is 82.1 Å². The van der Waals surface area contributed by atoms with Crippen molar-refractivity contribution in [3.8, 4) is 16.9 Å². The number of methoxy groups -OCH3 is 1. The molecule has 9 heteroatoms. The molecule has 7 nitrogen and oxygen atoms in total. The van der Waals surface area contributed by atoms with E-state index < -0.39 is 36.1 Å². The molecule has 0 saturated carbocycles. The Hall–Kier alpha value is -3.76. The Labute approximate surface area is 300 Å². The third-order valence-electron chi connectivity index (χ3n) is 9.52. The second-order valence-electron chi connectivity index (χ2n) is 14.9. The van der Waals surface area contributed by atoms with Crippen LogP contribution >= 0.6 is 0 Å². The third-order valence-corrected chi connectivity index (χ3v) is 14.6. The zero-order valence-corrected chi connectivity index (χ0v) is 32.4. The minimum atomic E-state index is -3.85. The lowest BCUT2D eigenvalue weighted by Crippen LogP contribution is -2.52. The van der Waals surface area contributed by atoms with Crippen LogP contribution in [-0.4, -0.2) is 59.0 Å². The summed E-state index contributed by atoms with van der Waals surface area (Å²) in [5.74, 6) is 0.243. The maximum atomic E-state index is 13.3. The summed E-state index contributed by atoms with van der Waals surface area (Å²) in [5.41, 5.74) is 4.50. The average Bonchev–Trinajstić information content (AvgIpc) is 3.10. The van der Waals surface area contributed by atoms with Crippen molar-refractivity contribution >= 4 is 35.4 Å². The molecule has 0 N–H and O–H groups in total. The van der Waals surface area contributed by atoms with E-state index in [1.165, 1.54) is 41.2 Å². The van der Waals surface area contributed by atoms with Crippen LogP contribution in [0.1, 0.15) is 70.9 Å². The minimum absolute atomic E-state index is 0.0150. The summed E-state index contributed by atoms with van der Waals surface area (Å²) in [5, 5.41) is 2.42. The maximum Gasteiger partial charge on any atom is 0.328 e. The van der Waals surface area contributed by atoms with Crippen LogP contribution in [-0.2, 0) is 24.0 Å². The first kappa shape index (κ1) is 37.5. The molecule has 1 saturated heterocycles. The molecule has 1 atom stereocenters. The number of ether oxygens (including phenoxy) is 2. The predicted molar refractivity (Wildman–Crippen MR) is 204 cm³/mol. The molecule has 4 aromatic carbocycles. The fourth-order valence-corrected chi connectivity index (χ4v) is 10.6. The standard InChI is InChI=1S/C41H51NO6SSi/c1-30-27-32(31-23-25-42(26-24-31)49(44,45)41(5,6)39(43)46-7)21-22-37(30)33-15-14-16-34(28-33)47-38(29-40(2,3)4)48-50(35-17-10-8-11-18-35)36-19-12-9-13-20-36/h8-22,27-28,31,38,50H,23-26,29H2,1-7H3. The number of hydrogen-bond donors (Lipinski definition) is 0. The Morgan fingerprint density at radius 3 is 1.98 bits per heavy atom. The molecule has 1 fully saturated rings. The van der Waals surface area contributed by atoms with E-state index in [1.807, 2.05) is 24.3 Å². The molecule has 0 spiro atoms. The van der Waals surface area contributed by atoms with Crippen molar-refractivity contribution in [2.45, 2.75) is 77.8 Å². The number of carbonyl (C=O) groups is 1. The molecule has 0 aromatic heterocycles. The quantitative estimate of drug-likeness (QED) is 0.0911. The number of benzene rings is 4. The molecule has 4 aromatic rings. The molecule has 5 rings (SSSR count). The highest BCUT2D eigenvalue weighted by molar-refractivity contribution is 7.91. The Kier molecular flexibility index (Phi) is 11.7. The van der Waals surface area contributed by atoms with Gasteiger partial charge < -0.3 is 13.9 Å². The van der Waals surface area contributed by atoms with E-state index in [-0.39, 0.29) is 11.3 Å². The van der Waals surface area contributed by atoms with Crippen molar-refractivity contribution in [2.24, 2.45) is 5.41 Å². The van der Waals surface area contributed by atoms with Crippen LogP contribution in [0, 0.1) is 12.3 Å². The van der Waals surface area contributed by atoms with Gasteiger partial charge in [-0.15, -0.1) is 0 Å². The first-order valence-electron chi connectivity index (χ1n) is 17.4. The number of esters is 1. The van der Waals surface area contributed by atoms with E-state index in [0.717, 1.165) is 28.9 Å². The molecule has 0 aliphatic carbocycles. The highest BCUT2D eigenvalue weighted by Gasteiger charge is 2.47. The smallest absolute Gasteiger partial charge is 0.328 e. The monoisotopic (exact) mass is 713 g/mol. The van der Waals surface area contributed by atoms with Crippen molar-refractivity contribution < 1.29 is 27.1 Å². The molecule has 1 aliphatic rings. The van der Waals surface area contributed by atoms with Gasteiger partial charge in [-0.05, 0) is 89.7 Å². The van der Waals surface area contributed by atoms with Crippen LogP contribution in [0.5, 0.6) is 5.75 Å². The fraction of sp³-hybridized carbons (Fsp3) is 0.390. The average molecular weight is 714 g/mol. The van der Waals surface area contributed by atoms with E-state index >= 15 is 0 Å². The second kappa shape index (κ2) is 15.6. The summed E-state index contributed by atoms with van der Waals surface area (Å²) in [6.07, 6.45) is 1.67. The molecule has 266 valence electrons. The minimum Gasteiger partial charge on any atom is -0.468 e. The van der Waals surface area contributed by atoms with E-state index in [0.29, 0.717) is 25.9 Å². The first-order chi connectivity index (χ1) is 23.7. The number of piperidine rings is 1. The van der Waals surface area contributed by atoms with Gasteiger partial charge in [0.15, 0.2) is 11.0 Å². The van der Waals surface area contributed by atoms with Gasteiger partial charge in [0, 0.05) is 19.5 Å². The van der Waals surface area contributed by atoms with Crippen LogP contribution in [0.2, 0.25) is 0 Å². The van der Waals surface area contributed by atoms with Crippen molar-refractivity contribution in [3.63, 3.8) is 0 Å². The summed E-state index contributed by atoms with van der Waals surface area (Å²) in [7, 11) is -4.68. The van der Waals surface area contributed by atoms with Gasteiger partial charge in [-0.2, -0.15) is 0 Å². The van der Waals surface area contributed by atoms with Crippen LogP contribution in [0.4, 0.5) is 0 Å². The van der Waals surface area contributed by atoms with E-state index in [9.17, 15) is 13.2 Å². The van der Waals surface area contributed by atoms with Gasteiger partial charge >= 0.3 is 5.97 Å². The van der Waals surface area contributed by atoms with Crippen LogP contribution in [0.15, 0.2) is 103 Å². The molecule has 0 radical (unpaired) electrons. The van der Waals surface area contributed by atoms with Gasteiger partial charge in [0.25, 0.3) is 0 Å². The molecular formula is C41H51NO6SSi. The third kappa shape index (κ3) is 8.75. The lowest BCUT2D eigenvalue weighted by molar-refractivity contribution is -0.142. The van der Waals surface area contributed by atoms with Gasteiger partial charge in [0.1, 0.15) is 5.75 Å². The number of hydrogen-bond acceptors (Lipinski definition) is 6. The molecule has 1 heterocycles. The van der Waals surface area contributed by atoms with Crippen LogP contribution in [0.25, 0.3) is 11.1 Å². The van der Waals surface area contributed by atoms with Crippen LogP contribution in [0.3, 0.4) is 0 Å². The lowest BCUT2D eigenvalue weighted by Gasteiger charge is -2.35. The van der Waals surface area contributed by atoms with Gasteiger partial charge in [-0.1, -0.05) is 112 Å². The fourth-order valence-electron chi connectivity index (χ4n) is 6.63. The molecule has 1 unspecified atom stereocenters. The summed E-state index contributed by atoms with van der Waals surface area (Å²) >= 11 is 0. The normalized spacial score (nSPS) is 15.5. The Bertz CT molecular complexity index is 1810. The van der Waals surface area contributed by atoms with Gasteiger partial charge in [0.2, 0.25) is 19.1 Å². The van der Waals surface area contributed by atoms with Crippen LogP contribution < -0.4 is 15.1 Å². The SMILES string of the molecule is COC(=O)C(C)(C)S(=O)(=O)N1CCC(c2ccc(-c3cccc(OC(CC(C)(C)C)O[SiH](c4ccccc4)c4ccccc4)c3)c(C)c2)CC1. The van der Waals surface area contributed by atoms with Gasteiger partial charge in [-0.3, -0.25) is 4.79 Å². The Balaban J connectivity index is 1.32. The number of rotatable bonds is 12. The van der Waals surface area contributed by atoms with Crippen molar-refractivity contribution in [1.82, 2.24) is 4.31 Å². The summed E-state index contributed by atoms with van der Waals surface area (Å²) in [4.78, 5) is 12.2. The maximum absolute atomic E-state index is 13.3. The van der Waals surface area contributed by atoms with Crippen molar-refractivity contribution in [2.75, 3.05) is 20.2 Å². The highest BCUT2D eigenvalue weighted by atomic mass is 32.2. The first-order valence-corrected chi connectivity index (χ1v) is 20.5. The molecule has 0 bridgehead atoms. The molecule has 0 amide bonds. The lowest BCUT2D eigenvalue weighted by atomic mass is 9.87.